The Bertz CT molecular complexity index is 741. The summed E-state index contributed by atoms with van der Waals surface area (Å²) in [6, 6.07) is 3.59. The minimum Gasteiger partial charge on any atom is -0.410 e. The Kier molecular flexibility index (Phi) is 6.91. The molecule has 1 aromatic carbocycles. The Labute approximate surface area is 152 Å². The Balaban J connectivity index is 3.40. The zero-order valence-corrected chi connectivity index (χ0v) is 17.6. The number of hydrogen-bond donors (Lipinski definition) is 0. The lowest BCUT2D eigenvalue weighted by Gasteiger charge is -2.32. The summed E-state index contributed by atoms with van der Waals surface area (Å²) in [5.41, 5.74) is 1.58. The van der Waals surface area contributed by atoms with Crippen LogP contribution < -0.4 is 4.74 Å². The quantitative estimate of drug-likeness (QED) is 0.736. The zero-order chi connectivity index (χ0) is 19.6. The molecule has 0 aliphatic carbocycles. The number of rotatable bonds is 6. The molecule has 144 valence electrons. The van der Waals surface area contributed by atoms with Crippen molar-refractivity contribution >= 4 is 26.8 Å². The van der Waals surface area contributed by atoms with Crippen LogP contribution in [0.3, 0.4) is 0 Å². The zero-order valence-electron chi connectivity index (χ0n) is 15.9. The second-order valence-corrected chi connectivity index (χ2v) is 11.0. The van der Waals surface area contributed by atoms with Crippen molar-refractivity contribution in [1.29, 1.82) is 0 Å². The molecule has 0 spiro atoms. The van der Waals surface area contributed by atoms with E-state index in [2.05, 4.69) is 4.18 Å². The molecule has 0 aromatic heterocycles. The number of nitrogens with zero attached hydrogens (tertiary/aromatic N) is 1. The molecular weight excluding hydrogens is 366 g/mol. The number of hydrogen-bond acceptors (Lipinski definition) is 6. The van der Waals surface area contributed by atoms with Gasteiger partial charge >= 0.3 is 16.5 Å². The van der Waals surface area contributed by atoms with Crippen LogP contribution in [0.25, 0.3) is 0 Å². The van der Waals surface area contributed by atoms with Gasteiger partial charge in [0.2, 0.25) is 0 Å². The van der Waals surface area contributed by atoms with Gasteiger partial charge in [-0.2, -0.15) is 12.0 Å². The Morgan fingerprint density at radius 1 is 1.16 bits per heavy atom. The van der Waals surface area contributed by atoms with Crippen LogP contribution >= 0.6 is 10.3 Å². The molecule has 0 aliphatic heterocycles. The topological polar surface area (TPSA) is 82.1 Å². The molecule has 0 unspecified atom stereocenters. The fourth-order valence-electron chi connectivity index (χ4n) is 2.20. The summed E-state index contributed by atoms with van der Waals surface area (Å²) in [6.07, 6.45) is 2.97. The van der Waals surface area contributed by atoms with E-state index in [1.54, 1.807) is 32.7 Å². The molecule has 9 heteroatoms. The molecule has 7 nitrogen and oxygen atoms in total. The van der Waals surface area contributed by atoms with Crippen LogP contribution in [-0.2, 0) is 18.2 Å². The van der Waals surface area contributed by atoms with Crippen molar-refractivity contribution < 1.29 is 25.8 Å². The van der Waals surface area contributed by atoms with Crippen LogP contribution in [0.15, 0.2) is 17.0 Å². The van der Waals surface area contributed by atoms with E-state index in [1.807, 2.05) is 26.8 Å². The molecule has 25 heavy (non-hydrogen) atoms. The van der Waals surface area contributed by atoms with Gasteiger partial charge in [-0.3, -0.25) is 4.18 Å². The predicted molar refractivity (Wildman–Crippen MR) is 99.7 cm³/mol. The molecule has 0 atom stereocenters. The van der Waals surface area contributed by atoms with Crippen LogP contribution in [0, 0.1) is 6.92 Å². The highest BCUT2D eigenvalue weighted by atomic mass is 32.3. The molecule has 0 radical (unpaired) electrons. The molecule has 0 N–H and O–H groups in total. The molecule has 0 saturated carbocycles. The van der Waals surface area contributed by atoms with Gasteiger partial charge in [-0.25, -0.2) is 4.79 Å². The summed E-state index contributed by atoms with van der Waals surface area (Å²) in [7, 11) is -1.94. The van der Waals surface area contributed by atoms with Crippen LogP contribution in [0.2, 0.25) is 0 Å². The molecule has 1 amide bonds. The van der Waals surface area contributed by atoms with E-state index in [0.29, 0.717) is 5.75 Å². The summed E-state index contributed by atoms with van der Waals surface area (Å²) >= 11 is 0. The van der Waals surface area contributed by atoms with Crippen molar-refractivity contribution in [3.05, 3.63) is 23.3 Å². The van der Waals surface area contributed by atoms with Crippen LogP contribution in [0.1, 0.15) is 30.9 Å². The highest BCUT2D eigenvalue weighted by Gasteiger charge is 2.28. The number of benzene rings is 1. The van der Waals surface area contributed by atoms with Crippen molar-refractivity contribution in [3.63, 3.8) is 0 Å². The maximum Gasteiger partial charge on any atom is 0.414 e. The minimum absolute atomic E-state index is 0.0681. The maximum atomic E-state index is 11.9. The average Bonchev–Trinajstić information content (AvgIpc) is 2.45. The van der Waals surface area contributed by atoms with E-state index in [-0.39, 0.29) is 5.92 Å². The van der Waals surface area contributed by atoms with Crippen molar-refractivity contribution in [2.24, 2.45) is 0 Å². The summed E-state index contributed by atoms with van der Waals surface area (Å²) in [5.74, 6) is 0.526. The predicted octanol–water partition coefficient (Wildman–Crippen LogP) is 3.42. The van der Waals surface area contributed by atoms with E-state index in [9.17, 15) is 13.2 Å². The van der Waals surface area contributed by atoms with Crippen molar-refractivity contribution in [2.75, 3.05) is 33.7 Å². The van der Waals surface area contributed by atoms with Gasteiger partial charge in [0.05, 0.1) is 7.11 Å². The third-order valence-electron chi connectivity index (χ3n) is 3.48. The first kappa shape index (κ1) is 21.8. The van der Waals surface area contributed by atoms with Gasteiger partial charge < -0.3 is 9.64 Å². The van der Waals surface area contributed by atoms with Gasteiger partial charge in [0, 0.05) is 19.0 Å². The number of carbonyl (C=O) groups is 1. The molecule has 1 aromatic rings. The van der Waals surface area contributed by atoms with E-state index >= 15 is 0 Å². The standard InChI is InChI=1S/C16H27NO6S2/c1-11(2)13-10-15(24(7,8)23-25(19,20)21-6)12(3)9-14(13)22-16(18)17(4)5/h9-11H,1-8H3. The van der Waals surface area contributed by atoms with Crippen LogP contribution in [0.4, 0.5) is 4.79 Å². The lowest BCUT2D eigenvalue weighted by atomic mass is 10.0. The van der Waals surface area contributed by atoms with Crippen LogP contribution in [-0.4, -0.2) is 53.1 Å². The van der Waals surface area contributed by atoms with E-state index in [4.69, 9.17) is 8.37 Å². The highest BCUT2D eigenvalue weighted by molar-refractivity contribution is 8.31. The minimum atomic E-state index is -4.07. The lowest BCUT2D eigenvalue weighted by Crippen LogP contribution is -2.26. The fraction of sp³-hybridized carbons (Fsp3) is 0.562. The SMILES string of the molecule is COS(=O)(=O)OS(C)(C)c1cc(C(C)C)c(OC(=O)N(C)C)cc1C. The Morgan fingerprint density at radius 3 is 2.16 bits per heavy atom. The molecule has 1 rings (SSSR count). The number of aryl methyl sites for hydroxylation is 1. The van der Waals surface area contributed by atoms with Gasteiger partial charge in [-0.15, -0.1) is 0 Å². The molecule has 0 bridgehead atoms. The largest absolute Gasteiger partial charge is 0.414 e. The molecule has 0 aliphatic rings. The normalized spacial score (nSPS) is 13.0. The van der Waals surface area contributed by atoms with Gasteiger partial charge in [-0.05, 0) is 48.6 Å². The van der Waals surface area contributed by atoms with Gasteiger partial charge in [0.15, 0.2) is 0 Å². The third kappa shape index (κ3) is 5.60. The van der Waals surface area contributed by atoms with Crippen molar-refractivity contribution in [3.8, 4) is 5.75 Å². The highest BCUT2D eigenvalue weighted by Crippen LogP contribution is 2.54. The lowest BCUT2D eigenvalue weighted by molar-refractivity contribution is 0.171. The van der Waals surface area contributed by atoms with Gasteiger partial charge in [0.1, 0.15) is 5.75 Å². The van der Waals surface area contributed by atoms with E-state index in [0.717, 1.165) is 23.1 Å². The Morgan fingerprint density at radius 2 is 1.72 bits per heavy atom. The number of amides is 1. The fourth-order valence-corrected chi connectivity index (χ4v) is 5.63. The third-order valence-corrected chi connectivity index (χ3v) is 7.41. The monoisotopic (exact) mass is 393 g/mol. The van der Waals surface area contributed by atoms with Crippen molar-refractivity contribution in [2.45, 2.75) is 31.6 Å². The van der Waals surface area contributed by atoms with Crippen LogP contribution in [0.5, 0.6) is 5.75 Å². The first-order valence-electron chi connectivity index (χ1n) is 7.59. The molecule has 0 saturated heterocycles. The van der Waals surface area contributed by atoms with Gasteiger partial charge in [0.25, 0.3) is 0 Å². The second-order valence-electron chi connectivity index (χ2n) is 6.45. The summed E-state index contributed by atoms with van der Waals surface area (Å²) < 4.78 is 38.5. The summed E-state index contributed by atoms with van der Waals surface area (Å²) in [6.45, 7) is 5.76. The number of ether oxygens (including phenoxy) is 1. The van der Waals surface area contributed by atoms with Crippen molar-refractivity contribution in [1.82, 2.24) is 4.90 Å². The maximum absolute atomic E-state index is 11.9. The Hall–Kier alpha value is -1.29. The first-order chi connectivity index (χ1) is 11.3. The van der Waals surface area contributed by atoms with E-state index < -0.39 is 26.8 Å². The van der Waals surface area contributed by atoms with E-state index in [1.165, 1.54) is 4.90 Å². The first-order valence-corrected chi connectivity index (χ1v) is 11.3. The van der Waals surface area contributed by atoms with Gasteiger partial charge in [-0.1, -0.05) is 24.2 Å². The molecule has 0 fully saturated rings. The summed E-state index contributed by atoms with van der Waals surface area (Å²) in [5, 5.41) is 0. The number of carbonyl (C=O) groups excluding carboxylic acids is 1. The smallest absolute Gasteiger partial charge is 0.410 e. The molecular formula is C16H27NO6S2. The molecule has 0 heterocycles. The second kappa shape index (κ2) is 7.94. The summed E-state index contributed by atoms with van der Waals surface area (Å²) in [4.78, 5) is 14.0. The average molecular weight is 394 g/mol.